The Morgan fingerprint density at radius 1 is 1.00 bits per heavy atom. The van der Waals surface area contributed by atoms with Gasteiger partial charge in [-0.3, -0.25) is 4.79 Å². The standard InChI is InChI=1S/C21H25NO/c1-3-4-15-21(23)22(17-19-11-7-5-8-12-19)16-18(2)20-13-9-6-10-14-20/h5-14,16H,3-4,15,17H2,1-2H3/b18-16+. The molecule has 0 bridgehead atoms. The summed E-state index contributed by atoms with van der Waals surface area (Å²) in [6.07, 6.45) is 4.55. The lowest BCUT2D eigenvalue weighted by Gasteiger charge is -2.20. The molecule has 120 valence electrons. The number of nitrogens with zero attached hydrogens (tertiary/aromatic N) is 1. The summed E-state index contributed by atoms with van der Waals surface area (Å²) in [5.41, 5.74) is 3.40. The van der Waals surface area contributed by atoms with Gasteiger partial charge in [-0.2, -0.15) is 0 Å². The van der Waals surface area contributed by atoms with Crippen molar-refractivity contribution in [3.8, 4) is 0 Å². The number of unbranched alkanes of at least 4 members (excludes halogenated alkanes) is 1. The average Bonchev–Trinajstić information content (AvgIpc) is 2.60. The molecule has 2 nitrogen and oxygen atoms in total. The molecule has 2 aromatic carbocycles. The number of hydrogen-bond donors (Lipinski definition) is 0. The summed E-state index contributed by atoms with van der Waals surface area (Å²) in [5.74, 6) is 0.186. The van der Waals surface area contributed by atoms with Crippen LogP contribution in [0.1, 0.15) is 44.2 Å². The fraction of sp³-hybridized carbons (Fsp3) is 0.286. The molecule has 0 aromatic heterocycles. The van der Waals surface area contributed by atoms with Crippen molar-refractivity contribution in [3.63, 3.8) is 0 Å². The van der Waals surface area contributed by atoms with Gasteiger partial charge >= 0.3 is 0 Å². The molecule has 0 saturated heterocycles. The summed E-state index contributed by atoms with van der Waals surface area (Å²) < 4.78 is 0. The minimum absolute atomic E-state index is 0.186. The maximum atomic E-state index is 12.6. The molecule has 0 N–H and O–H groups in total. The van der Waals surface area contributed by atoms with Crippen molar-refractivity contribution in [3.05, 3.63) is 78.0 Å². The molecule has 23 heavy (non-hydrogen) atoms. The topological polar surface area (TPSA) is 20.3 Å². The molecule has 0 fully saturated rings. The molecule has 0 saturated carbocycles. The van der Waals surface area contributed by atoms with Gasteiger partial charge in [0.2, 0.25) is 5.91 Å². The first-order chi connectivity index (χ1) is 11.2. The third kappa shape index (κ3) is 5.41. The van der Waals surface area contributed by atoms with E-state index in [0.29, 0.717) is 13.0 Å². The second kappa shape index (κ2) is 8.94. The summed E-state index contributed by atoms with van der Waals surface area (Å²) in [7, 11) is 0. The molecule has 0 heterocycles. The summed E-state index contributed by atoms with van der Waals surface area (Å²) in [6, 6.07) is 20.3. The van der Waals surface area contributed by atoms with E-state index in [9.17, 15) is 4.79 Å². The smallest absolute Gasteiger partial charge is 0.226 e. The van der Waals surface area contributed by atoms with E-state index in [0.717, 1.165) is 29.5 Å². The van der Waals surface area contributed by atoms with Gasteiger partial charge in [-0.15, -0.1) is 0 Å². The Bertz CT molecular complexity index is 631. The molecule has 0 unspecified atom stereocenters. The zero-order valence-electron chi connectivity index (χ0n) is 14.0. The second-order valence-electron chi connectivity index (χ2n) is 5.79. The first-order valence-corrected chi connectivity index (χ1v) is 8.28. The maximum absolute atomic E-state index is 12.6. The molecule has 0 aliphatic carbocycles. The van der Waals surface area contributed by atoms with Crippen molar-refractivity contribution in [2.45, 2.75) is 39.7 Å². The van der Waals surface area contributed by atoms with E-state index in [1.54, 1.807) is 0 Å². The van der Waals surface area contributed by atoms with Crippen molar-refractivity contribution >= 4 is 11.5 Å². The zero-order chi connectivity index (χ0) is 16.5. The molecular weight excluding hydrogens is 282 g/mol. The molecule has 0 spiro atoms. The minimum Gasteiger partial charge on any atom is -0.314 e. The molecule has 2 aromatic rings. The SMILES string of the molecule is CCCCC(=O)N(/C=C(\C)c1ccccc1)Cc1ccccc1. The van der Waals surface area contributed by atoms with Crippen molar-refractivity contribution in [2.75, 3.05) is 0 Å². The van der Waals surface area contributed by atoms with Crippen molar-refractivity contribution in [1.29, 1.82) is 0 Å². The van der Waals surface area contributed by atoms with Gasteiger partial charge in [-0.05, 0) is 30.0 Å². The van der Waals surface area contributed by atoms with Crippen molar-refractivity contribution < 1.29 is 4.79 Å². The molecular formula is C21H25NO. The van der Waals surface area contributed by atoms with E-state index in [1.807, 2.05) is 47.5 Å². The van der Waals surface area contributed by atoms with Crippen LogP contribution in [0.15, 0.2) is 66.9 Å². The predicted octanol–water partition coefficient (Wildman–Crippen LogP) is 5.27. The summed E-state index contributed by atoms with van der Waals surface area (Å²) >= 11 is 0. The van der Waals surface area contributed by atoms with Gasteiger partial charge in [0.1, 0.15) is 0 Å². The van der Waals surface area contributed by atoms with Crippen LogP contribution in [0, 0.1) is 0 Å². The number of allylic oxidation sites excluding steroid dienone is 1. The third-order valence-corrected chi connectivity index (χ3v) is 3.84. The van der Waals surface area contributed by atoms with E-state index in [-0.39, 0.29) is 5.91 Å². The molecule has 0 aliphatic heterocycles. The van der Waals surface area contributed by atoms with Crippen LogP contribution in [0.3, 0.4) is 0 Å². The maximum Gasteiger partial charge on any atom is 0.226 e. The van der Waals surface area contributed by atoms with Crippen LogP contribution >= 0.6 is 0 Å². The summed E-state index contributed by atoms with van der Waals surface area (Å²) in [6.45, 7) is 4.79. The van der Waals surface area contributed by atoms with Crippen LogP contribution in [0.2, 0.25) is 0 Å². The Morgan fingerprint density at radius 2 is 1.61 bits per heavy atom. The van der Waals surface area contributed by atoms with Crippen molar-refractivity contribution in [2.24, 2.45) is 0 Å². The summed E-state index contributed by atoms with van der Waals surface area (Å²) in [4.78, 5) is 14.4. The highest BCUT2D eigenvalue weighted by Gasteiger charge is 2.12. The number of carbonyl (C=O) groups is 1. The average molecular weight is 307 g/mol. The monoisotopic (exact) mass is 307 g/mol. The second-order valence-corrected chi connectivity index (χ2v) is 5.79. The number of benzene rings is 2. The Morgan fingerprint density at radius 3 is 2.22 bits per heavy atom. The van der Waals surface area contributed by atoms with Gasteiger partial charge in [0.15, 0.2) is 0 Å². The van der Waals surface area contributed by atoms with Crippen LogP contribution in [0.5, 0.6) is 0 Å². The fourth-order valence-corrected chi connectivity index (χ4v) is 2.47. The van der Waals surface area contributed by atoms with Crippen LogP contribution in [0.25, 0.3) is 5.57 Å². The fourth-order valence-electron chi connectivity index (χ4n) is 2.47. The van der Waals surface area contributed by atoms with Gasteiger partial charge in [0.05, 0.1) is 6.54 Å². The van der Waals surface area contributed by atoms with Crippen LogP contribution in [-0.2, 0) is 11.3 Å². The van der Waals surface area contributed by atoms with E-state index >= 15 is 0 Å². The first-order valence-electron chi connectivity index (χ1n) is 8.28. The minimum atomic E-state index is 0.186. The zero-order valence-corrected chi connectivity index (χ0v) is 14.0. The van der Waals surface area contributed by atoms with Gasteiger partial charge in [0.25, 0.3) is 0 Å². The van der Waals surface area contributed by atoms with Crippen LogP contribution < -0.4 is 0 Å². The molecule has 0 atom stereocenters. The quantitative estimate of drug-likeness (QED) is 0.682. The summed E-state index contributed by atoms with van der Waals surface area (Å²) in [5, 5.41) is 0. The highest BCUT2D eigenvalue weighted by Crippen LogP contribution is 2.17. The van der Waals surface area contributed by atoms with Gasteiger partial charge in [-0.25, -0.2) is 0 Å². The molecule has 2 rings (SSSR count). The first kappa shape index (κ1) is 17.0. The van der Waals surface area contributed by atoms with Gasteiger partial charge in [-0.1, -0.05) is 74.0 Å². The van der Waals surface area contributed by atoms with E-state index in [1.165, 1.54) is 0 Å². The van der Waals surface area contributed by atoms with E-state index in [4.69, 9.17) is 0 Å². The lowest BCUT2D eigenvalue weighted by molar-refractivity contribution is -0.129. The Kier molecular flexibility index (Phi) is 6.61. The predicted molar refractivity (Wildman–Crippen MR) is 96.6 cm³/mol. The molecule has 0 radical (unpaired) electrons. The number of rotatable bonds is 7. The van der Waals surface area contributed by atoms with Crippen molar-refractivity contribution in [1.82, 2.24) is 4.90 Å². The lowest BCUT2D eigenvalue weighted by atomic mass is 10.1. The Hall–Kier alpha value is -2.35. The van der Waals surface area contributed by atoms with Gasteiger partial charge in [0, 0.05) is 12.6 Å². The van der Waals surface area contributed by atoms with Gasteiger partial charge < -0.3 is 4.90 Å². The number of hydrogen-bond acceptors (Lipinski definition) is 1. The molecule has 0 aliphatic rings. The lowest BCUT2D eigenvalue weighted by Crippen LogP contribution is -2.25. The highest BCUT2D eigenvalue weighted by atomic mass is 16.2. The Balaban J connectivity index is 2.20. The number of amides is 1. The normalized spacial score (nSPS) is 11.3. The van der Waals surface area contributed by atoms with E-state index < -0.39 is 0 Å². The molecule has 1 amide bonds. The molecule has 2 heteroatoms. The number of carbonyl (C=O) groups excluding carboxylic acids is 1. The van der Waals surface area contributed by atoms with E-state index in [2.05, 4.69) is 38.1 Å². The third-order valence-electron chi connectivity index (χ3n) is 3.84. The van der Waals surface area contributed by atoms with Crippen LogP contribution in [-0.4, -0.2) is 10.8 Å². The van der Waals surface area contributed by atoms with Crippen LogP contribution in [0.4, 0.5) is 0 Å². The highest BCUT2D eigenvalue weighted by molar-refractivity contribution is 5.79. The largest absolute Gasteiger partial charge is 0.314 e. The Labute approximate surface area is 139 Å².